The smallest absolute Gasteiger partial charge is 0.254 e. The Morgan fingerprint density at radius 2 is 2.04 bits per heavy atom. The van der Waals surface area contributed by atoms with Crippen molar-refractivity contribution in [3.63, 3.8) is 0 Å². The number of hydrogen-bond acceptors (Lipinski definition) is 5. The zero-order valence-corrected chi connectivity index (χ0v) is 13.6. The Balaban J connectivity index is 1.73. The van der Waals surface area contributed by atoms with Gasteiger partial charge >= 0.3 is 0 Å². The number of aldehydes is 1. The fraction of sp³-hybridized carbons (Fsp3) is 0.263. The van der Waals surface area contributed by atoms with Crippen molar-refractivity contribution in [3.8, 4) is 11.5 Å². The van der Waals surface area contributed by atoms with E-state index in [2.05, 4.69) is 0 Å². The summed E-state index contributed by atoms with van der Waals surface area (Å²) in [6.07, 6.45) is 0.551. The van der Waals surface area contributed by atoms with E-state index in [1.165, 1.54) is 6.07 Å². The van der Waals surface area contributed by atoms with Gasteiger partial charge in [0.25, 0.3) is 5.91 Å². The lowest BCUT2D eigenvalue weighted by Gasteiger charge is -2.35. The minimum atomic E-state index is -0.275. The van der Waals surface area contributed by atoms with Crippen molar-refractivity contribution >= 4 is 12.2 Å². The molecule has 130 valence electrons. The summed E-state index contributed by atoms with van der Waals surface area (Å²) in [4.78, 5) is 25.6. The maximum Gasteiger partial charge on any atom is 0.254 e. The van der Waals surface area contributed by atoms with E-state index in [0.29, 0.717) is 31.6 Å². The molecule has 1 fully saturated rings. The lowest BCUT2D eigenvalue weighted by Crippen LogP contribution is -2.51. The van der Waals surface area contributed by atoms with Crippen LogP contribution in [0.25, 0.3) is 0 Å². The van der Waals surface area contributed by atoms with Crippen molar-refractivity contribution in [1.82, 2.24) is 4.90 Å². The van der Waals surface area contributed by atoms with Gasteiger partial charge in [-0.15, -0.1) is 0 Å². The van der Waals surface area contributed by atoms with Crippen molar-refractivity contribution in [2.75, 3.05) is 26.4 Å². The molecule has 0 saturated carbocycles. The second kappa shape index (κ2) is 7.81. The van der Waals surface area contributed by atoms with Crippen LogP contribution in [-0.2, 0) is 4.74 Å². The van der Waals surface area contributed by atoms with E-state index in [0.717, 1.165) is 0 Å². The number of morpholine rings is 1. The second-order valence-corrected chi connectivity index (χ2v) is 5.71. The number of rotatable bonds is 5. The molecule has 0 unspecified atom stereocenters. The summed E-state index contributed by atoms with van der Waals surface area (Å²) in [5, 5.41) is 9.72. The van der Waals surface area contributed by atoms with E-state index in [1.807, 2.05) is 18.2 Å². The van der Waals surface area contributed by atoms with Crippen molar-refractivity contribution in [1.29, 1.82) is 0 Å². The Morgan fingerprint density at radius 3 is 2.80 bits per heavy atom. The van der Waals surface area contributed by atoms with Gasteiger partial charge < -0.3 is 19.5 Å². The first-order chi connectivity index (χ1) is 12.2. The van der Waals surface area contributed by atoms with Gasteiger partial charge in [-0.1, -0.05) is 24.3 Å². The standard InChI is InChI=1S/C19H19NO5/c21-11-16-17(22)7-4-8-18(16)25-13-15-12-24-10-9-20(15)19(23)14-5-2-1-3-6-14/h1-8,11,15,22H,9-10,12-13H2/t15-/m0/s1. The van der Waals surface area contributed by atoms with Gasteiger partial charge in [-0.25, -0.2) is 0 Å². The molecule has 0 radical (unpaired) electrons. The predicted molar refractivity (Wildman–Crippen MR) is 91.1 cm³/mol. The molecule has 2 aromatic carbocycles. The van der Waals surface area contributed by atoms with Crippen LogP contribution < -0.4 is 4.74 Å². The van der Waals surface area contributed by atoms with Crippen LogP contribution >= 0.6 is 0 Å². The summed E-state index contributed by atoms with van der Waals surface area (Å²) in [5.74, 6) is 0.0707. The fourth-order valence-electron chi connectivity index (χ4n) is 2.77. The lowest BCUT2D eigenvalue weighted by atomic mass is 10.1. The van der Waals surface area contributed by atoms with E-state index in [1.54, 1.807) is 29.2 Å². The van der Waals surface area contributed by atoms with Gasteiger partial charge in [-0.3, -0.25) is 9.59 Å². The number of ether oxygens (including phenoxy) is 2. The number of phenolic OH excluding ortho intramolecular Hbond substituents is 1. The third kappa shape index (κ3) is 3.80. The van der Waals surface area contributed by atoms with E-state index < -0.39 is 0 Å². The van der Waals surface area contributed by atoms with Gasteiger partial charge in [0.05, 0.1) is 24.8 Å². The number of carbonyl (C=O) groups is 2. The number of hydrogen-bond donors (Lipinski definition) is 1. The molecule has 1 heterocycles. The summed E-state index contributed by atoms with van der Waals surface area (Å²) < 4.78 is 11.2. The highest BCUT2D eigenvalue weighted by atomic mass is 16.5. The predicted octanol–water partition coefficient (Wildman–Crippen LogP) is 2.12. The Bertz CT molecular complexity index is 747. The van der Waals surface area contributed by atoms with Gasteiger partial charge in [0.15, 0.2) is 6.29 Å². The van der Waals surface area contributed by atoms with Crippen LogP contribution in [0.3, 0.4) is 0 Å². The van der Waals surface area contributed by atoms with Crippen LogP contribution in [0.4, 0.5) is 0 Å². The van der Waals surface area contributed by atoms with Crippen LogP contribution in [0.5, 0.6) is 11.5 Å². The summed E-state index contributed by atoms with van der Waals surface area (Å²) in [6, 6.07) is 13.4. The Morgan fingerprint density at radius 1 is 1.24 bits per heavy atom. The molecule has 2 aromatic rings. The minimum absolute atomic E-state index is 0.0796. The van der Waals surface area contributed by atoms with Gasteiger partial charge in [0.1, 0.15) is 18.1 Å². The van der Waals surface area contributed by atoms with Gasteiger partial charge in [0, 0.05) is 12.1 Å². The first kappa shape index (κ1) is 17.0. The molecular formula is C19H19NO5. The van der Waals surface area contributed by atoms with Gasteiger partial charge in [0.2, 0.25) is 0 Å². The molecule has 1 saturated heterocycles. The van der Waals surface area contributed by atoms with Crippen LogP contribution in [0, 0.1) is 0 Å². The molecule has 25 heavy (non-hydrogen) atoms. The molecule has 1 amide bonds. The molecule has 6 heteroatoms. The molecule has 1 atom stereocenters. The summed E-state index contributed by atoms with van der Waals surface area (Å²) in [5.41, 5.74) is 0.709. The highest BCUT2D eigenvalue weighted by Gasteiger charge is 2.29. The number of benzene rings is 2. The van der Waals surface area contributed by atoms with E-state index in [9.17, 15) is 14.7 Å². The van der Waals surface area contributed by atoms with Crippen LogP contribution in [0.15, 0.2) is 48.5 Å². The highest BCUT2D eigenvalue weighted by molar-refractivity contribution is 5.94. The minimum Gasteiger partial charge on any atom is -0.507 e. The van der Waals surface area contributed by atoms with Crippen LogP contribution in [0.1, 0.15) is 20.7 Å². The molecular weight excluding hydrogens is 322 g/mol. The SMILES string of the molecule is O=Cc1c(O)cccc1OC[C@@H]1COCCN1C(=O)c1ccccc1. The van der Waals surface area contributed by atoms with E-state index in [4.69, 9.17) is 9.47 Å². The number of nitrogens with zero attached hydrogens (tertiary/aromatic N) is 1. The zero-order valence-electron chi connectivity index (χ0n) is 13.6. The second-order valence-electron chi connectivity index (χ2n) is 5.71. The Hall–Kier alpha value is -2.86. The van der Waals surface area contributed by atoms with E-state index in [-0.39, 0.29) is 35.6 Å². The molecule has 0 bridgehead atoms. The number of amides is 1. The average molecular weight is 341 g/mol. The lowest BCUT2D eigenvalue weighted by molar-refractivity contribution is -0.0151. The molecule has 3 rings (SSSR count). The van der Waals surface area contributed by atoms with Crippen molar-refractivity contribution in [2.24, 2.45) is 0 Å². The highest BCUT2D eigenvalue weighted by Crippen LogP contribution is 2.26. The molecule has 0 aromatic heterocycles. The first-order valence-electron chi connectivity index (χ1n) is 8.04. The monoisotopic (exact) mass is 341 g/mol. The van der Waals surface area contributed by atoms with Gasteiger partial charge in [-0.2, -0.15) is 0 Å². The maximum atomic E-state index is 12.7. The molecule has 1 aliphatic heterocycles. The summed E-state index contributed by atoms with van der Waals surface area (Å²) in [6.45, 7) is 1.47. The number of aromatic hydroxyl groups is 1. The topological polar surface area (TPSA) is 76.1 Å². The Labute approximate surface area is 145 Å². The molecule has 6 nitrogen and oxygen atoms in total. The van der Waals surface area contributed by atoms with E-state index >= 15 is 0 Å². The van der Waals surface area contributed by atoms with Crippen LogP contribution in [0.2, 0.25) is 0 Å². The molecule has 0 spiro atoms. The third-order valence-corrected chi connectivity index (χ3v) is 4.10. The Kier molecular flexibility index (Phi) is 5.30. The zero-order chi connectivity index (χ0) is 17.6. The van der Waals surface area contributed by atoms with Crippen LogP contribution in [-0.4, -0.2) is 54.6 Å². The van der Waals surface area contributed by atoms with Crippen molar-refractivity contribution in [2.45, 2.75) is 6.04 Å². The first-order valence-corrected chi connectivity index (χ1v) is 8.04. The third-order valence-electron chi connectivity index (χ3n) is 4.10. The maximum absolute atomic E-state index is 12.7. The average Bonchev–Trinajstić information content (AvgIpc) is 2.67. The fourth-order valence-corrected chi connectivity index (χ4v) is 2.77. The quantitative estimate of drug-likeness (QED) is 0.843. The normalized spacial score (nSPS) is 17.1. The molecule has 1 aliphatic rings. The van der Waals surface area contributed by atoms with Gasteiger partial charge in [-0.05, 0) is 24.3 Å². The van der Waals surface area contributed by atoms with Crippen molar-refractivity contribution < 1.29 is 24.2 Å². The molecule has 1 N–H and O–H groups in total. The molecule has 0 aliphatic carbocycles. The summed E-state index contributed by atoms with van der Waals surface area (Å²) >= 11 is 0. The largest absolute Gasteiger partial charge is 0.507 e. The van der Waals surface area contributed by atoms with Crippen molar-refractivity contribution in [3.05, 3.63) is 59.7 Å². The number of phenols is 1. The summed E-state index contributed by atoms with van der Waals surface area (Å²) in [7, 11) is 0. The number of carbonyl (C=O) groups excluding carboxylic acids is 2.